The molecule has 1 aliphatic heterocycles. The normalized spacial score (nSPS) is 24.9. The zero-order valence-electron chi connectivity index (χ0n) is 20.0. The van der Waals surface area contributed by atoms with Crippen molar-refractivity contribution in [3.63, 3.8) is 0 Å². The van der Waals surface area contributed by atoms with Crippen LogP contribution in [0.4, 0.5) is 0 Å². The lowest BCUT2D eigenvalue weighted by Crippen LogP contribution is -2.46. The van der Waals surface area contributed by atoms with E-state index in [9.17, 15) is 9.59 Å². The van der Waals surface area contributed by atoms with Gasteiger partial charge in [-0.25, -0.2) is 0 Å². The Hall–Kier alpha value is -2.64. The molecule has 32 heavy (non-hydrogen) atoms. The molecule has 7 nitrogen and oxygen atoms in total. The van der Waals surface area contributed by atoms with Crippen LogP contribution in [0.5, 0.6) is 0 Å². The number of hydrogen-bond donors (Lipinski definition) is 3. The number of imide groups is 1. The fourth-order valence-electron chi connectivity index (χ4n) is 4.16. The number of carbonyl (C=O) groups excluding carboxylic acids is 2. The van der Waals surface area contributed by atoms with Gasteiger partial charge in [0.25, 0.3) is 5.91 Å². The Morgan fingerprint density at radius 2 is 2.12 bits per heavy atom. The standard InChI is InChI=1S/C25H38N4O3/c1-6-15-29(8-3)17-19-9-11-20(12-10-19)26-16-22-21(7-2)23(25(31)28-24(22)30)18(4)13-14-27-32-5/h7,9,11-14,16,18-19,23,26-27H,6,8,10,15,17H2,1-5H3,(H,28,30,31)/b14-13+,21-7-,22-16-. The second-order valence-corrected chi connectivity index (χ2v) is 8.19. The Labute approximate surface area is 192 Å². The molecular weight excluding hydrogens is 404 g/mol. The van der Waals surface area contributed by atoms with Crippen LogP contribution in [0.1, 0.15) is 40.5 Å². The van der Waals surface area contributed by atoms with E-state index in [0.717, 1.165) is 43.7 Å². The molecule has 7 heteroatoms. The summed E-state index contributed by atoms with van der Waals surface area (Å²) in [5.74, 6) is -0.755. The summed E-state index contributed by atoms with van der Waals surface area (Å²) >= 11 is 0. The van der Waals surface area contributed by atoms with Crippen molar-refractivity contribution >= 4 is 11.8 Å². The molecule has 0 radical (unpaired) electrons. The topological polar surface area (TPSA) is 82.7 Å². The van der Waals surface area contributed by atoms with Crippen molar-refractivity contribution in [2.24, 2.45) is 17.8 Å². The summed E-state index contributed by atoms with van der Waals surface area (Å²) in [6.07, 6.45) is 15.7. The minimum absolute atomic E-state index is 0.125. The summed E-state index contributed by atoms with van der Waals surface area (Å²) in [6, 6.07) is 0. The number of carbonyl (C=O) groups is 2. The lowest BCUT2D eigenvalue weighted by molar-refractivity contribution is -0.132. The van der Waals surface area contributed by atoms with E-state index in [1.165, 1.54) is 7.11 Å². The first-order valence-corrected chi connectivity index (χ1v) is 11.5. The molecule has 0 aromatic carbocycles. The van der Waals surface area contributed by atoms with Crippen LogP contribution in [0, 0.1) is 17.8 Å². The van der Waals surface area contributed by atoms with Crippen LogP contribution in [0.15, 0.2) is 59.6 Å². The second-order valence-electron chi connectivity index (χ2n) is 8.19. The van der Waals surface area contributed by atoms with Gasteiger partial charge in [-0.15, -0.1) is 0 Å². The van der Waals surface area contributed by atoms with Crippen molar-refractivity contribution in [1.82, 2.24) is 21.0 Å². The first-order valence-electron chi connectivity index (χ1n) is 11.5. The highest BCUT2D eigenvalue weighted by molar-refractivity contribution is 6.12. The van der Waals surface area contributed by atoms with Crippen molar-refractivity contribution in [2.75, 3.05) is 26.7 Å². The SMILES string of the molecule is C/C=C1/C(=C/NC2=CCC(CN(CC)CCC)C=C2)C(=O)NC(=O)C1C(C)/C=C/NOC. The van der Waals surface area contributed by atoms with E-state index in [4.69, 9.17) is 4.84 Å². The predicted octanol–water partition coefficient (Wildman–Crippen LogP) is 3.17. The van der Waals surface area contributed by atoms with Gasteiger partial charge in [0, 0.05) is 24.6 Å². The minimum Gasteiger partial charge on any atom is -0.361 e. The lowest BCUT2D eigenvalue weighted by atomic mass is 9.79. The summed E-state index contributed by atoms with van der Waals surface area (Å²) in [4.78, 5) is 32.4. The van der Waals surface area contributed by atoms with Crippen LogP contribution in [0.3, 0.4) is 0 Å². The number of hydroxylamine groups is 1. The molecule has 2 amide bonds. The van der Waals surface area contributed by atoms with Gasteiger partial charge >= 0.3 is 0 Å². The monoisotopic (exact) mass is 442 g/mol. The molecule has 0 aromatic heterocycles. The summed E-state index contributed by atoms with van der Waals surface area (Å²) < 4.78 is 0. The summed E-state index contributed by atoms with van der Waals surface area (Å²) in [5.41, 5.74) is 4.80. The molecule has 176 valence electrons. The summed E-state index contributed by atoms with van der Waals surface area (Å²) in [5, 5.41) is 5.76. The molecule has 2 rings (SSSR count). The highest BCUT2D eigenvalue weighted by Gasteiger charge is 2.37. The zero-order chi connectivity index (χ0) is 23.5. The van der Waals surface area contributed by atoms with E-state index in [0.29, 0.717) is 11.5 Å². The zero-order valence-corrected chi connectivity index (χ0v) is 20.0. The third-order valence-electron chi connectivity index (χ3n) is 5.88. The lowest BCUT2D eigenvalue weighted by Gasteiger charge is -2.29. The van der Waals surface area contributed by atoms with Gasteiger partial charge in [-0.05, 0) is 56.3 Å². The van der Waals surface area contributed by atoms with Crippen LogP contribution < -0.4 is 16.1 Å². The molecule has 1 saturated heterocycles. The van der Waals surface area contributed by atoms with Gasteiger partial charge < -0.3 is 10.2 Å². The van der Waals surface area contributed by atoms with E-state index in [1.54, 1.807) is 12.4 Å². The molecule has 0 bridgehead atoms. The third kappa shape index (κ3) is 6.93. The van der Waals surface area contributed by atoms with Crippen LogP contribution in [-0.4, -0.2) is 43.5 Å². The molecule has 1 heterocycles. The molecule has 2 aliphatic rings. The predicted molar refractivity (Wildman–Crippen MR) is 128 cm³/mol. The molecule has 1 aliphatic carbocycles. The maximum Gasteiger partial charge on any atom is 0.259 e. The number of nitrogens with one attached hydrogen (secondary N) is 3. The van der Waals surface area contributed by atoms with Gasteiger partial charge in [0.15, 0.2) is 0 Å². The van der Waals surface area contributed by atoms with Crippen molar-refractivity contribution < 1.29 is 14.4 Å². The third-order valence-corrected chi connectivity index (χ3v) is 5.88. The Kier molecular flexibility index (Phi) is 10.4. The van der Waals surface area contributed by atoms with Crippen LogP contribution in [0.25, 0.3) is 0 Å². The van der Waals surface area contributed by atoms with Gasteiger partial charge in [-0.3, -0.25) is 25.2 Å². The first-order chi connectivity index (χ1) is 15.4. The van der Waals surface area contributed by atoms with Gasteiger partial charge in [0.1, 0.15) is 0 Å². The maximum atomic E-state index is 12.6. The Morgan fingerprint density at radius 1 is 1.34 bits per heavy atom. The van der Waals surface area contributed by atoms with E-state index in [2.05, 4.69) is 53.1 Å². The Bertz CT molecular complexity index is 810. The molecule has 0 aromatic rings. The van der Waals surface area contributed by atoms with E-state index >= 15 is 0 Å². The number of nitrogens with zero attached hydrogens (tertiary/aromatic N) is 1. The van der Waals surface area contributed by atoms with Gasteiger partial charge in [0.2, 0.25) is 5.91 Å². The number of allylic oxidation sites excluding steroid dienone is 4. The van der Waals surface area contributed by atoms with Crippen molar-refractivity contribution in [2.45, 2.75) is 40.5 Å². The van der Waals surface area contributed by atoms with Crippen LogP contribution >= 0.6 is 0 Å². The van der Waals surface area contributed by atoms with Crippen molar-refractivity contribution in [3.05, 3.63) is 59.6 Å². The van der Waals surface area contributed by atoms with Crippen molar-refractivity contribution in [1.29, 1.82) is 0 Å². The van der Waals surface area contributed by atoms with E-state index < -0.39 is 5.92 Å². The Balaban J connectivity index is 2.08. The fourth-order valence-corrected chi connectivity index (χ4v) is 4.16. The average Bonchev–Trinajstić information content (AvgIpc) is 2.78. The van der Waals surface area contributed by atoms with Gasteiger partial charge in [-0.1, -0.05) is 45.1 Å². The van der Waals surface area contributed by atoms with Crippen molar-refractivity contribution in [3.8, 4) is 0 Å². The molecule has 1 fully saturated rings. The molecule has 3 atom stereocenters. The van der Waals surface area contributed by atoms with E-state index in [-0.39, 0.29) is 17.7 Å². The highest BCUT2D eigenvalue weighted by atomic mass is 16.6. The molecule has 3 N–H and O–H groups in total. The van der Waals surface area contributed by atoms with Gasteiger partial charge in [0.05, 0.1) is 18.6 Å². The Morgan fingerprint density at radius 3 is 2.72 bits per heavy atom. The summed E-state index contributed by atoms with van der Waals surface area (Å²) in [7, 11) is 1.52. The average molecular weight is 443 g/mol. The molecule has 0 saturated carbocycles. The number of rotatable bonds is 11. The largest absolute Gasteiger partial charge is 0.361 e. The molecule has 0 spiro atoms. The molecule has 3 unspecified atom stereocenters. The highest BCUT2D eigenvalue weighted by Crippen LogP contribution is 2.31. The maximum absolute atomic E-state index is 12.6. The fraction of sp³-hybridized carbons (Fsp3) is 0.520. The van der Waals surface area contributed by atoms with Crippen LogP contribution in [-0.2, 0) is 14.4 Å². The number of amides is 2. The number of piperidine rings is 1. The second kappa shape index (κ2) is 13.0. The smallest absolute Gasteiger partial charge is 0.259 e. The van der Waals surface area contributed by atoms with Crippen LogP contribution in [0.2, 0.25) is 0 Å². The number of hydrogen-bond acceptors (Lipinski definition) is 6. The van der Waals surface area contributed by atoms with Gasteiger partial charge in [-0.2, -0.15) is 0 Å². The first kappa shape index (κ1) is 25.6. The summed E-state index contributed by atoms with van der Waals surface area (Å²) in [6.45, 7) is 11.4. The molecular formula is C25H38N4O3. The van der Waals surface area contributed by atoms with E-state index in [1.807, 2.05) is 26.0 Å². The quantitative estimate of drug-likeness (QED) is 0.259. The minimum atomic E-state index is -0.459.